The van der Waals surface area contributed by atoms with Gasteiger partial charge in [0.1, 0.15) is 0 Å². The lowest BCUT2D eigenvalue weighted by atomic mass is 10.0. The van der Waals surface area contributed by atoms with Crippen molar-refractivity contribution in [2.45, 2.75) is 30.1 Å². The van der Waals surface area contributed by atoms with Gasteiger partial charge in [0.2, 0.25) is 0 Å². The zero-order chi connectivity index (χ0) is 12.9. The average Bonchev–Trinajstić information content (AvgIpc) is 2.30. The molecule has 0 spiro atoms. The topological polar surface area (TPSA) is 23.5 Å². The Kier molecular flexibility index (Phi) is 5.70. The van der Waals surface area contributed by atoms with E-state index in [4.69, 9.17) is 18.0 Å². The van der Waals surface area contributed by atoms with Crippen LogP contribution in [0.15, 0.2) is 23.8 Å². The summed E-state index contributed by atoms with van der Waals surface area (Å²) in [6, 6.07) is 0. The SMILES string of the molecule is C#CC(O)(P)N(C)CC(Cl)CC1=CCCC=C1. The Labute approximate surface area is 111 Å². The van der Waals surface area contributed by atoms with Gasteiger partial charge in [-0.3, -0.25) is 4.90 Å². The van der Waals surface area contributed by atoms with Gasteiger partial charge in [-0.15, -0.1) is 18.0 Å². The van der Waals surface area contributed by atoms with Crippen molar-refractivity contribution in [3.8, 4) is 12.3 Å². The monoisotopic (exact) mass is 271 g/mol. The molecule has 1 aliphatic carbocycles. The van der Waals surface area contributed by atoms with Crippen LogP contribution in [0.25, 0.3) is 0 Å². The van der Waals surface area contributed by atoms with Crippen molar-refractivity contribution in [1.82, 2.24) is 4.90 Å². The molecule has 17 heavy (non-hydrogen) atoms. The molecule has 0 amide bonds. The molecule has 0 aromatic rings. The van der Waals surface area contributed by atoms with E-state index in [1.165, 1.54) is 5.57 Å². The Bertz CT molecular complexity index is 357. The van der Waals surface area contributed by atoms with Crippen LogP contribution in [0.5, 0.6) is 0 Å². The number of allylic oxidation sites excluding steroid dienone is 4. The number of halogens is 1. The molecule has 0 aromatic heterocycles. The lowest BCUT2D eigenvalue weighted by Gasteiger charge is -2.30. The van der Waals surface area contributed by atoms with Crippen molar-refractivity contribution in [2.75, 3.05) is 13.6 Å². The summed E-state index contributed by atoms with van der Waals surface area (Å²) in [4.78, 5) is 1.66. The van der Waals surface area contributed by atoms with Crippen molar-refractivity contribution in [1.29, 1.82) is 0 Å². The van der Waals surface area contributed by atoms with Crippen LogP contribution >= 0.6 is 20.8 Å². The molecule has 0 radical (unpaired) electrons. The lowest BCUT2D eigenvalue weighted by molar-refractivity contribution is 0.0373. The maximum absolute atomic E-state index is 9.81. The van der Waals surface area contributed by atoms with Crippen molar-refractivity contribution >= 4 is 20.8 Å². The fourth-order valence-corrected chi connectivity index (χ4v) is 2.18. The highest BCUT2D eigenvalue weighted by atomic mass is 35.5. The Balaban J connectivity index is 2.45. The van der Waals surface area contributed by atoms with E-state index >= 15 is 0 Å². The third-order valence-electron chi connectivity index (χ3n) is 2.80. The molecule has 1 aliphatic rings. The van der Waals surface area contributed by atoms with E-state index in [2.05, 4.69) is 33.4 Å². The number of rotatable bonds is 5. The summed E-state index contributed by atoms with van der Waals surface area (Å²) in [6.07, 6.45) is 14.7. The number of terminal acetylenes is 1. The summed E-state index contributed by atoms with van der Waals surface area (Å²) >= 11 is 6.27. The van der Waals surface area contributed by atoms with Gasteiger partial charge < -0.3 is 5.11 Å². The van der Waals surface area contributed by atoms with Crippen LogP contribution in [0.1, 0.15) is 19.3 Å². The second kappa shape index (κ2) is 6.57. The molecular weight excluding hydrogens is 253 g/mol. The van der Waals surface area contributed by atoms with Crippen molar-refractivity contribution in [3.05, 3.63) is 23.8 Å². The summed E-state index contributed by atoms with van der Waals surface area (Å²) in [5.41, 5.74) is -0.0538. The summed E-state index contributed by atoms with van der Waals surface area (Å²) in [7, 11) is 4.00. The fourth-order valence-electron chi connectivity index (χ4n) is 1.69. The Hall–Kier alpha value is -0.320. The number of hydrogen-bond acceptors (Lipinski definition) is 2. The average molecular weight is 272 g/mol. The van der Waals surface area contributed by atoms with E-state index in [-0.39, 0.29) is 5.38 Å². The summed E-state index contributed by atoms with van der Waals surface area (Å²) < 4.78 is 0. The highest BCUT2D eigenvalue weighted by Crippen LogP contribution is 2.22. The molecule has 0 saturated heterocycles. The molecule has 3 atom stereocenters. The molecule has 0 saturated carbocycles. The number of nitrogens with zero attached hydrogens (tertiary/aromatic N) is 1. The van der Waals surface area contributed by atoms with Crippen LogP contribution in [0.2, 0.25) is 0 Å². The van der Waals surface area contributed by atoms with Gasteiger partial charge in [0.15, 0.2) is 5.47 Å². The maximum Gasteiger partial charge on any atom is 0.194 e. The Morgan fingerprint density at radius 3 is 2.94 bits per heavy atom. The molecule has 3 unspecified atom stereocenters. The molecule has 0 fully saturated rings. The van der Waals surface area contributed by atoms with E-state index in [1.54, 1.807) is 11.9 Å². The highest BCUT2D eigenvalue weighted by Gasteiger charge is 2.25. The van der Waals surface area contributed by atoms with Crippen LogP contribution < -0.4 is 0 Å². The van der Waals surface area contributed by atoms with Crippen molar-refractivity contribution < 1.29 is 5.11 Å². The van der Waals surface area contributed by atoms with Crippen LogP contribution in [0, 0.1) is 12.3 Å². The molecular formula is C13H19ClNOP. The number of hydrogen-bond donors (Lipinski definition) is 1. The van der Waals surface area contributed by atoms with Gasteiger partial charge in [0.05, 0.1) is 5.38 Å². The van der Waals surface area contributed by atoms with Gasteiger partial charge in [0.25, 0.3) is 0 Å². The van der Waals surface area contributed by atoms with Crippen LogP contribution in [0.3, 0.4) is 0 Å². The minimum Gasteiger partial charge on any atom is -0.362 e. The van der Waals surface area contributed by atoms with Gasteiger partial charge in [-0.05, 0) is 26.3 Å². The zero-order valence-electron chi connectivity index (χ0n) is 10.1. The molecule has 2 nitrogen and oxygen atoms in total. The summed E-state index contributed by atoms with van der Waals surface area (Å²) in [5, 5.41) is 9.75. The number of alkyl halides is 1. The quantitative estimate of drug-likeness (QED) is 0.359. The first-order valence-electron chi connectivity index (χ1n) is 5.65. The molecule has 1 rings (SSSR count). The van der Waals surface area contributed by atoms with E-state index in [0.717, 1.165) is 19.3 Å². The third-order valence-corrected chi connectivity index (χ3v) is 3.70. The van der Waals surface area contributed by atoms with Crippen LogP contribution in [0.4, 0.5) is 0 Å². The molecule has 0 aromatic carbocycles. The van der Waals surface area contributed by atoms with Gasteiger partial charge in [-0.2, -0.15) is 0 Å². The van der Waals surface area contributed by atoms with Crippen LogP contribution in [-0.4, -0.2) is 34.4 Å². The Morgan fingerprint density at radius 1 is 1.71 bits per heavy atom. The maximum atomic E-state index is 9.81. The van der Waals surface area contributed by atoms with Crippen molar-refractivity contribution in [3.63, 3.8) is 0 Å². The van der Waals surface area contributed by atoms with Gasteiger partial charge >= 0.3 is 0 Å². The molecule has 0 heterocycles. The molecule has 0 bridgehead atoms. The second-order valence-corrected chi connectivity index (χ2v) is 5.73. The van der Waals surface area contributed by atoms with Gasteiger partial charge in [-0.1, -0.05) is 39.0 Å². The van der Waals surface area contributed by atoms with Gasteiger partial charge in [0, 0.05) is 6.54 Å². The normalized spacial score (nSPS) is 20.6. The van der Waals surface area contributed by atoms with E-state index in [0.29, 0.717) is 6.54 Å². The lowest BCUT2D eigenvalue weighted by Crippen LogP contribution is -2.42. The third kappa shape index (κ3) is 4.82. The molecule has 94 valence electrons. The van der Waals surface area contributed by atoms with Crippen LogP contribution in [-0.2, 0) is 0 Å². The predicted molar refractivity (Wildman–Crippen MR) is 76.8 cm³/mol. The smallest absolute Gasteiger partial charge is 0.194 e. The highest BCUT2D eigenvalue weighted by molar-refractivity contribution is 7.19. The Morgan fingerprint density at radius 2 is 2.41 bits per heavy atom. The first-order valence-corrected chi connectivity index (χ1v) is 6.67. The molecule has 1 N–H and O–H groups in total. The van der Waals surface area contributed by atoms with E-state index < -0.39 is 5.47 Å². The van der Waals surface area contributed by atoms with Crippen molar-refractivity contribution in [2.24, 2.45) is 0 Å². The van der Waals surface area contributed by atoms with E-state index in [9.17, 15) is 5.11 Å². The number of aliphatic hydroxyl groups is 1. The first kappa shape index (κ1) is 14.7. The predicted octanol–water partition coefficient (Wildman–Crippen LogP) is 2.35. The largest absolute Gasteiger partial charge is 0.362 e. The van der Waals surface area contributed by atoms with E-state index in [1.807, 2.05) is 0 Å². The minimum absolute atomic E-state index is 0.0607. The molecule has 4 heteroatoms. The standard InChI is InChI=1S/C13H19ClNOP/c1-3-13(16,17)15(2)10-12(14)9-11-7-5-4-6-8-11/h1,5,7-8,12,16H,4,6,9-10,17H2,2H3. The second-order valence-electron chi connectivity index (χ2n) is 4.31. The van der Waals surface area contributed by atoms with Gasteiger partial charge in [-0.25, -0.2) is 0 Å². The molecule has 0 aliphatic heterocycles. The minimum atomic E-state index is -1.32. The first-order chi connectivity index (χ1) is 7.95. The summed E-state index contributed by atoms with van der Waals surface area (Å²) in [6.45, 7) is 0.539. The summed E-state index contributed by atoms with van der Waals surface area (Å²) in [5.74, 6) is 2.31. The zero-order valence-corrected chi connectivity index (χ0v) is 12.0. The fraction of sp³-hybridized carbons (Fsp3) is 0.538.